The highest BCUT2D eigenvalue weighted by atomic mass is 127. The van der Waals surface area contributed by atoms with Gasteiger partial charge < -0.3 is 71.3 Å². The number of carbonyl (C=O) groups is 4. The lowest BCUT2D eigenvalue weighted by molar-refractivity contribution is -0.140. The molecule has 0 fully saturated rings. The monoisotopic (exact) mass is 2450 g/mol. The number of phenols is 4. The summed E-state index contributed by atoms with van der Waals surface area (Å²) >= 11 is 21.2. The Morgan fingerprint density at radius 1 is 0.453 bits per heavy atom. The lowest BCUT2D eigenvalue weighted by Gasteiger charge is -2.15. The van der Waals surface area contributed by atoms with E-state index in [1.807, 2.05) is 120 Å². The van der Waals surface area contributed by atoms with Crippen LogP contribution >= 0.6 is 226 Å². The minimum atomic E-state index is -1.02. The fourth-order valence-electron chi connectivity index (χ4n) is 8.34. The van der Waals surface area contributed by atoms with Crippen LogP contribution in [0.25, 0.3) is 0 Å². The minimum Gasteiger partial charge on any atom is -0.508 e. The summed E-state index contributed by atoms with van der Waals surface area (Å²) in [5.41, 5.74) is 19.3. The molecule has 0 spiro atoms. The fourth-order valence-corrected chi connectivity index (χ4v) is 17.4. The average molecular weight is 2450 g/mol. The van der Waals surface area contributed by atoms with Gasteiger partial charge in [0.2, 0.25) is 0 Å². The number of hydrogen-bond donors (Lipinski definition) is 10. The van der Waals surface area contributed by atoms with Gasteiger partial charge >= 0.3 is 23.9 Å². The lowest BCUT2D eigenvalue weighted by Crippen LogP contribution is -2.32. The van der Waals surface area contributed by atoms with E-state index in [1.54, 1.807) is 54.6 Å². The number of rotatable bonds is 21. The SMILES string of the molecule is C.C.Cc1cc(OCC(=O)O)cc(C)c1Cc1ccc(O)c(C(C)C)c1.NC(Cc1cc(I)c(Oc2cc(I)c(O)c(I)c2)c(I)c1)C(=O)O.NC(Cc1cc(I)c(Oc2ccc(O)c(I)c2)c(I)c1)C(=O)O.O=C(O)CCc1cc(I)c(Oc2ccc(O)c(I)c2)c(I)c1.[3HH].[3H][3H].[3H][3H].[3H][3H]. The Kier molecular flexibility index (Phi) is 35.3. The number of benzene rings is 8. The molecule has 0 aliphatic heterocycles. The third kappa shape index (κ3) is 27.6. The molecule has 12 N–H and O–H groups in total. The molecule has 28 heteroatoms. The van der Waals surface area contributed by atoms with Crippen LogP contribution < -0.4 is 30.4 Å². The van der Waals surface area contributed by atoms with E-state index >= 15 is 0 Å². The molecule has 2 atom stereocenters. The molecule has 0 heterocycles. The van der Waals surface area contributed by atoms with E-state index in [0.717, 1.165) is 76.1 Å². The summed E-state index contributed by atoms with van der Waals surface area (Å²) in [5.74, 6) is 2.05. The van der Waals surface area contributed by atoms with Gasteiger partial charge in [-0.2, -0.15) is 0 Å². The molecular formula is C67H74I10N2O16. The first kappa shape index (κ1) is 81.2. The van der Waals surface area contributed by atoms with E-state index in [-0.39, 0.29) is 65.3 Å². The molecule has 8 aromatic rings. The van der Waals surface area contributed by atoms with E-state index in [0.29, 0.717) is 57.4 Å². The van der Waals surface area contributed by atoms with Crippen LogP contribution in [-0.2, 0) is 44.9 Å². The predicted molar refractivity (Wildman–Crippen MR) is 462 cm³/mol. The Bertz CT molecular complexity index is 3970. The van der Waals surface area contributed by atoms with Crippen LogP contribution in [0.2, 0.25) is 0 Å². The van der Waals surface area contributed by atoms with Gasteiger partial charge in [0.1, 0.15) is 58.1 Å². The topological polar surface area (TPSA) is 319 Å². The van der Waals surface area contributed by atoms with Crippen molar-refractivity contribution in [1.29, 1.82) is 0 Å². The first-order chi connectivity index (χ1) is 46.6. The largest absolute Gasteiger partial charge is 0.508 e. The summed E-state index contributed by atoms with van der Waals surface area (Å²) in [6.45, 7) is 7.78. The van der Waals surface area contributed by atoms with Gasteiger partial charge in [-0.15, -0.1) is 0 Å². The second-order valence-corrected chi connectivity index (χ2v) is 32.2. The Balaban J connectivity index is 0. The Morgan fingerprint density at radius 2 is 0.821 bits per heavy atom. The van der Waals surface area contributed by atoms with E-state index in [1.165, 1.54) is 5.56 Å². The molecule has 0 saturated carbocycles. The zero-order valence-corrected chi connectivity index (χ0v) is 70.8. The van der Waals surface area contributed by atoms with Crippen LogP contribution in [0.3, 0.4) is 0 Å². The van der Waals surface area contributed by atoms with Gasteiger partial charge in [0.05, 0.1) is 35.7 Å². The maximum Gasteiger partial charge on any atom is 0.341 e. The van der Waals surface area contributed by atoms with Crippen LogP contribution in [0, 0.1) is 49.5 Å². The molecule has 0 aliphatic carbocycles. The smallest absolute Gasteiger partial charge is 0.341 e. The van der Waals surface area contributed by atoms with Gasteiger partial charge in [0.25, 0.3) is 0 Å². The summed E-state index contributed by atoms with van der Waals surface area (Å²) < 4.78 is 61.2. The Labute approximate surface area is 698 Å². The Morgan fingerprint density at radius 3 is 1.18 bits per heavy atom. The van der Waals surface area contributed by atoms with Crippen molar-refractivity contribution in [2.45, 2.75) is 92.7 Å². The van der Waals surface area contributed by atoms with Crippen LogP contribution in [0.5, 0.6) is 63.2 Å². The van der Waals surface area contributed by atoms with Crippen molar-refractivity contribution in [1.82, 2.24) is 0 Å². The third-order valence-corrected chi connectivity index (χ3v) is 21.1. The molecule has 2 unspecified atom stereocenters. The summed E-state index contributed by atoms with van der Waals surface area (Å²) in [7, 11) is 0. The van der Waals surface area contributed by atoms with Gasteiger partial charge in [-0.3, -0.25) is 14.4 Å². The van der Waals surface area contributed by atoms with Crippen molar-refractivity contribution in [3.05, 3.63) is 195 Å². The van der Waals surface area contributed by atoms with Crippen molar-refractivity contribution in [3.8, 4) is 63.2 Å². The standard InChI is InChI=1S/C20H24O4.C15H11I4NO4.C15H12I3NO4.C15H11I3O4.2CH4.4H2/c1-12(2)17-9-15(5-6-19(17)21)10-18-13(3)7-16(8-14(18)4)24-11-20(22)23;16-8-4-7(5-9(17)13(8)21)24-14-10(18)1-6(2-11(14)19)3-12(20)15(22)23;16-9-6-8(1-2-13(9)20)23-14-10(17)3-7(4-11(14)18)5-12(19)15(21)22;16-10-7-9(2-3-13(10)19)22-15-11(17)5-8(6-12(15)18)1-4-14(20)21;;;;;;/h5-9,12,21H,10-11H2,1-4H3,(H,22,23);1-2,4-5,12,21H,3,20H2,(H,22,23);1-4,6,12,20H,5,19H2,(H,21,22);2-3,5-7,19H,1,4H2,(H,20,21);2*1H4;4*1H/i;;;;;;3*1+2T;1+2. The summed E-state index contributed by atoms with van der Waals surface area (Å²) in [5, 5.41) is 74.2. The molecule has 0 bridgehead atoms. The van der Waals surface area contributed by atoms with Crippen molar-refractivity contribution >= 4 is 250 Å². The number of phenolic OH excluding ortho intramolecular Hbond substituents is 4. The number of hydrogen-bond acceptors (Lipinski definition) is 14. The molecule has 95 heavy (non-hydrogen) atoms. The number of carboxylic acid groups (broad SMARTS) is 4. The van der Waals surface area contributed by atoms with E-state index in [4.69, 9.17) is 59.7 Å². The lowest BCUT2D eigenvalue weighted by atomic mass is 9.93. The maximum absolute atomic E-state index is 10.9. The highest BCUT2D eigenvalue weighted by molar-refractivity contribution is 14.1. The number of aromatic hydroxyl groups is 4. The van der Waals surface area contributed by atoms with Crippen LogP contribution in [0.1, 0.15) is 95.9 Å². The normalized spacial score (nSPS) is 11.4. The first-order valence-electron chi connectivity index (χ1n) is 30.2. The number of halogens is 10. The van der Waals surface area contributed by atoms with Crippen molar-refractivity contribution < 1.29 is 89.3 Å². The van der Waals surface area contributed by atoms with E-state index in [2.05, 4.69) is 195 Å². The van der Waals surface area contributed by atoms with Gasteiger partial charge in [0, 0.05) is 16.8 Å². The third-order valence-electron chi connectivity index (χ3n) is 13.0. The minimum absolute atomic E-state index is 0. The molecular weight excluding hydrogens is 2360 g/mol. The van der Waals surface area contributed by atoms with Crippen molar-refractivity contribution in [2.24, 2.45) is 11.5 Å². The highest BCUT2D eigenvalue weighted by Crippen LogP contribution is 2.40. The molecule has 0 aromatic heterocycles. The predicted octanol–water partition coefficient (Wildman–Crippen LogP) is 20.0. The maximum atomic E-state index is 10.9. The van der Waals surface area contributed by atoms with Crippen molar-refractivity contribution in [3.63, 3.8) is 0 Å². The number of ether oxygens (including phenoxy) is 4. The van der Waals surface area contributed by atoms with Gasteiger partial charge in [-0.25, -0.2) is 4.79 Å². The first-order valence-corrected chi connectivity index (χ1v) is 38.0. The highest BCUT2D eigenvalue weighted by Gasteiger charge is 2.20. The molecule has 0 amide bonds. The summed E-state index contributed by atoms with van der Waals surface area (Å²) in [6, 6.07) is 32.6. The number of aliphatic carboxylic acids is 4. The fraction of sp³-hybridized carbons (Fsp3) is 0.224. The van der Waals surface area contributed by atoms with Crippen molar-refractivity contribution in [2.75, 3.05) is 6.61 Å². The van der Waals surface area contributed by atoms with Crippen LogP contribution in [0.4, 0.5) is 0 Å². The zero-order chi connectivity index (χ0) is 75.3. The average Bonchev–Trinajstić information content (AvgIpc) is 0.835. The number of carboxylic acids is 4. The van der Waals surface area contributed by atoms with Crippen LogP contribution in [-0.4, -0.2) is 83.4 Å². The molecule has 18 nitrogen and oxygen atoms in total. The molecule has 0 radical (unpaired) electrons. The second-order valence-electron chi connectivity index (χ2n) is 20.6. The van der Waals surface area contributed by atoms with E-state index < -0.39 is 36.0 Å². The molecule has 8 rings (SSSR count). The molecule has 8 aromatic carbocycles. The zero-order valence-electron chi connectivity index (χ0n) is 55.2. The number of aryl methyl sites for hydroxylation is 3. The van der Waals surface area contributed by atoms with E-state index in [9.17, 15) is 39.6 Å². The molecule has 518 valence electrons. The van der Waals surface area contributed by atoms with Crippen LogP contribution in [0.15, 0.2) is 115 Å². The molecule has 0 aliphatic rings. The van der Waals surface area contributed by atoms with Gasteiger partial charge in [-0.05, 0) is 419 Å². The van der Waals surface area contributed by atoms with Gasteiger partial charge in [-0.1, -0.05) is 40.8 Å². The Hall–Kier alpha value is -2.74. The number of nitrogens with two attached hydrogens (primary N) is 2. The summed E-state index contributed by atoms with van der Waals surface area (Å²) in [4.78, 5) is 43.0. The van der Waals surface area contributed by atoms with Gasteiger partial charge in [0.15, 0.2) is 23.9 Å². The summed E-state index contributed by atoms with van der Waals surface area (Å²) in [6.07, 6.45) is 1.90. The second kappa shape index (κ2) is 41.2. The molecule has 0 saturated heterocycles. The quantitative estimate of drug-likeness (QED) is 0.0299.